The monoisotopic (exact) mass is 412 g/mol. The fourth-order valence-electron chi connectivity index (χ4n) is 4.22. The summed E-state index contributed by atoms with van der Waals surface area (Å²) in [6.07, 6.45) is 1.70. The minimum Gasteiger partial charge on any atom is -0.390 e. The molecule has 30 heavy (non-hydrogen) atoms. The molecular formula is C21H28N6O3. The second kappa shape index (κ2) is 8.55. The number of hydrogen-bond acceptors (Lipinski definition) is 6. The van der Waals surface area contributed by atoms with Crippen molar-refractivity contribution in [2.24, 2.45) is 14.1 Å². The molecule has 2 atom stereocenters. The molecule has 3 aromatic rings. The molecule has 1 fully saturated rings. The number of imidazole rings is 1. The molecule has 4 rings (SSSR count). The maximum absolute atomic E-state index is 12.9. The van der Waals surface area contributed by atoms with Crippen LogP contribution in [0, 0.1) is 0 Å². The predicted molar refractivity (Wildman–Crippen MR) is 114 cm³/mol. The van der Waals surface area contributed by atoms with Crippen molar-refractivity contribution in [3.05, 3.63) is 63.1 Å². The highest BCUT2D eigenvalue weighted by molar-refractivity contribution is 5.70. The number of hydrogen-bond donors (Lipinski definition) is 2. The highest BCUT2D eigenvalue weighted by Crippen LogP contribution is 2.25. The third kappa shape index (κ3) is 3.71. The number of aryl methyl sites for hydroxylation is 2. The standard InChI is InChI=1S/C21H28N6O3/c1-24-18-17(20(29)25(2)21(24)30)27(14-23-18)19(26-12-10-22-11-13-26)16(28)9-8-15-6-4-3-5-7-15/h3-7,14,16,19,22,28H,8-13H2,1-2H3. The molecule has 1 aliphatic rings. The molecular weight excluding hydrogens is 384 g/mol. The molecule has 1 saturated heterocycles. The number of aliphatic hydroxyl groups excluding tert-OH is 1. The van der Waals surface area contributed by atoms with Crippen LogP contribution in [0.5, 0.6) is 0 Å². The molecule has 2 aromatic heterocycles. The lowest BCUT2D eigenvalue weighted by Crippen LogP contribution is -2.50. The molecule has 3 heterocycles. The van der Waals surface area contributed by atoms with Crippen molar-refractivity contribution >= 4 is 11.2 Å². The fraction of sp³-hybridized carbons (Fsp3) is 0.476. The fourth-order valence-corrected chi connectivity index (χ4v) is 4.22. The largest absolute Gasteiger partial charge is 0.390 e. The van der Waals surface area contributed by atoms with Crippen LogP contribution in [-0.4, -0.2) is 61.0 Å². The maximum atomic E-state index is 12.9. The molecule has 1 aliphatic heterocycles. The van der Waals surface area contributed by atoms with Crippen molar-refractivity contribution in [2.75, 3.05) is 26.2 Å². The average molecular weight is 412 g/mol. The number of piperazine rings is 1. The summed E-state index contributed by atoms with van der Waals surface area (Å²) < 4.78 is 4.21. The van der Waals surface area contributed by atoms with E-state index >= 15 is 0 Å². The highest BCUT2D eigenvalue weighted by atomic mass is 16.3. The van der Waals surface area contributed by atoms with Crippen molar-refractivity contribution in [2.45, 2.75) is 25.1 Å². The minimum atomic E-state index is -0.706. The number of benzene rings is 1. The first kappa shape index (κ1) is 20.5. The molecule has 1 aromatic carbocycles. The van der Waals surface area contributed by atoms with E-state index in [1.54, 1.807) is 17.9 Å². The molecule has 0 radical (unpaired) electrons. The smallest absolute Gasteiger partial charge is 0.332 e. The second-order valence-corrected chi connectivity index (χ2v) is 7.82. The predicted octanol–water partition coefficient (Wildman–Crippen LogP) is -0.169. The van der Waals surface area contributed by atoms with Gasteiger partial charge >= 0.3 is 5.69 Å². The Balaban J connectivity index is 1.75. The Kier molecular flexibility index (Phi) is 5.85. The first-order valence-corrected chi connectivity index (χ1v) is 10.3. The van der Waals surface area contributed by atoms with Crippen molar-refractivity contribution in [3.63, 3.8) is 0 Å². The van der Waals surface area contributed by atoms with Gasteiger partial charge in [-0.15, -0.1) is 0 Å². The van der Waals surface area contributed by atoms with Gasteiger partial charge in [0.2, 0.25) is 0 Å². The number of aliphatic hydroxyl groups is 1. The van der Waals surface area contributed by atoms with Crippen LogP contribution >= 0.6 is 0 Å². The second-order valence-electron chi connectivity index (χ2n) is 7.82. The van der Waals surface area contributed by atoms with Gasteiger partial charge in [-0.1, -0.05) is 30.3 Å². The van der Waals surface area contributed by atoms with E-state index in [2.05, 4.69) is 15.2 Å². The van der Waals surface area contributed by atoms with Gasteiger partial charge in [-0.25, -0.2) is 9.78 Å². The summed E-state index contributed by atoms with van der Waals surface area (Å²) in [5.41, 5.74) is 1.01. The van der Waals surface area contributed by atoms with Gasteiger partial charge in [0.1, 0.15) is 6.17 Å². The van der Waals surface area contributed by atoms with E-state index in [9.17, 15) is 14.7 Å². The van der Waals surface area contributed by atoms with E-state index in [0.29, 0.717) is 17.6 Å². The Morgan fingerprint density at radius 2 is 1.80 bits per heavy atom. The van der Waals surface area contributed by atoms with Crippen molar-refractivity contribution in [1.82, 2.24) is 28.9 Å². The van der Waals surface area contributed by atoms with Gasteiger partial charge in [0.15, 0.2) is 11.2 Å². The summed E-state index contributed by atoms with van der Waals surface area (Å²) in [4.78, 5) is 31.8. The Morgan fingerprint density at radius 1 is 1.10 bits per heavy atom. The van der Waals surface area contributed by atoms with Gasteiger partial charge in [0.25, 0.3) is 5.56 Å². The third-order valence-electron chi connectivity index (χ3n) is 5.90. The van der Waals surface area contributed by atoms with Crippen molar-refractivity contribution in [1.29, 1.82) is 0 Å². The molecule has 0 bridgehead atoms. The number of aromatic nitrogens is 4. The zero-order chi connectivity index (χ0) is 21.3. The van der Waals surface area contributed by atoms with Gasteiger partial charge in [0, 0.05) is 40.3 Å². The maximum Gasteiger partial charge on any atom is 0.332 e. The third-order valence-corrected chi connectivity index (χ3v) is 5.90. The molecule has 160 valence electrons. The molecule has 0 amide bonds. The number of fused-ring (bicyclic) bond motifs is 1. The quantitative estimate of drug-likeness (QED) is 0.584. The summed E-state index contributed by atoms with van der Waals surface area (Å²) in [5.74, 6) is 0. The minimum absolute atomic E-state index is 0.332. The summed E-state index contributed by atoms with van der Waals surface area (Å²) in [6.45, 7) is 3.12. The zero-order valence-electron chi connectivity index (χ0n) is 17.4. The van der Waals surface area contributed by atoms with Gasteiger partial charge in [-0.2, -0.15) is 0 Å². The Labute approximate surface area is 174 Å². The van der Waals surface area contributed by atoms with Gasteiger partial charge < -0.3 is 15.0 Å². The van der Waals surface area contributed by atoms with E-state index in [1.807, 2.05) is 30.3 Å². The van der Waals surface area contributed by atoms with Crippen LogP contribution < -0.4 is 16.6 Å². The van der Waals surface area contributed by atoms with E-state index in [0.717, 1.165) is 42.7 Å². The summed E-state index contributed by atoms with van der Waals surface area (Å²) in [6, 6.07) is 10.0. The topological polar surface area (TPSA) is 97.3 Å². The molecule has 9 heteroatoms. The van der Waals surface area contributed by atoms with Crippen LogP contribution in [0.1, 0.15) is 18.2 Å². The van der Waals surface area contributed by atoms with Crippen LogP contribution in [-0.2, 0) is 20.5 Å². The van der Waals surface area contributed by atoms with Crippen LogP contribution in [0.3, 0.4) is 0 Å². The van der Waals surface area contributed by atoms with Crippen LogP contribution in [0.2, 0.25) is 0 Å². The molecule has 0 saturated carbocycles. The molecule has 2 unspecified atom stereocenters. The SMILES string of the molecule is Cn1c(=O)c2c(ncn2C(C(O)CCc2ccccc2)N2CCNCC2)n(C)c1=O. The average Bonchev–Trinajstić information content (AvgIpc) is 3.21. The number of rotatable bonds is 6. The van der Waals surface area contributed by atoms with Crippen LogP contribution in [0.25, 0.3) is 11.2 Å². The van der Waals surface area contributed by atoms with Crippen molar-refractivity contribution < 1.29 is 5.11 Å². The van der Waals surface area contributed by atoms with Gasteiger partial charge in [0.05, 0.1) is 12.4 Å². The van der Waals surface area contributed by atoms with Crippen molar-refractivity contribution in [3.8, 4) is 0 Å². The van der Waals surface area contributed by atoms with Gasteiger partial charge in [-0.05, 0) is 18.4 Å². The highest BCUT2D eigenvalue weighted by Gasteiger charge is 2.31. The number of nitrogens with zero attached hydrogens (tertiary/aromatic N) is 5. The van der Waals surface area contributed by atoms with Gasteiger partial charge in [-0.3, -0.25) is 18.8 Å². The Morgan fingerprint density at radius 3 is 2.50 bits per heavy atom. The van der Waals surface area contributed by atoms with Crippen LogP contribution in [0.15, 0.2) is 46.2 Å². The zero-order valence-corrected chi connectivity index (χ0v) is 17.4. The summed E-state index contributed by atoms with van der Waals surface area (Å²) in [5, 5.41) is 14.6. The Bertz CT molecular complexity index is 1130. The lowest BCUT2D eigenvalue weighted by Gasteiger charge is -2.38. The lowest BCUT2D eigenvalue weighted by molar-refractivity contribution is -0.00122. The van der Waals surface area contributed by atoms with E-state index in [4.69, 9.17) is 0 Å². The molecule has 0 spiro atoms. The Hall–Kier alpha value is -2.75. The molecule has 0 aliphatic carbocycles. The normalized spacial score (nSPS) is 17.3. The summed E-state index contributed by atoms with van der Waals surface area (Å²) >= 11 is 0. The van der Waals surface area contributed by atoms with E-state index < -0.39 is 23.5 Å². The lowest BCUT2D eigenvalue weighted by atomic mass is 10.0. The first-order valence-electron chi connectivity index (χ1n) is 10.3. The molecule has 9 nitrogen and oxygen atoms in total. The first-order chi connectivity index (χ1) is 14.5. The summed E-state index contributed by atoms with van der Waals surface area (Å²) in [7, 11) is 3.07. The number of nitrogens with one attached hydrogen (secondary N) is 1. The van der Waals surface area contributed by atoms with E-state index in [1.165, 1.54) is 11.6 Å². The van der Waals surface area contributed by atoms with Crippen LogP contribution in [0.4, 0.5) is 0 Å². The molecule has 2 N–H and O–H groups in total. The van der Waals surface area contributed by atoms with E-state index in [-0.39, 0.29) is 0 Å².